The number of carbonyl (C=O) groups is 1. The molecule has 0 bridgehead atoms. The zero-order chi connectivity index (χ0) is 14.9. The number of hydrogen-bond donors (Lipinski definition) is 2. The van der Waals surface area contributed by atoms with Gasteiger partial charge in [0.1, 0.15) is 0 Å². The summed E-state index contributed by atoms with van der Waals surface area (Å²) in [5.41, 5.74) is 1.69. The first-order valence-electron chi connectivity index (χ1n) is 7.16. The fraction of sp³-hybridized carbons (Fsp3) is 0.438. The highest BCUT2D eigenvalue weighted by Gasteiger charge is 2.32. The van der Waals surface area contributed by atoms with Gasteiger partial charge in [0.2, 0.25) is 0 Å². The first-order valence-corrected chi connectivity index (χ1v) is 7.16. The molecule has 1 unspecified atom stereocenters. The van der Waals surface area contributed by atoms with Crippen molar-refractivity contribution in [2.24, 2.45) is 0 Å². The van der Waals surface area contributed by atoms with Crippen LogP contribution in [0.4, 0.5) is 0 Å². The summed E-state index contributed by atoms with van der Waals surface area (Å²) in [4.78, 5) is 15.3. The maximum absolute atomic E-state index is 12.2. The number of Topliss-reactive ketones (excluding diaryl/α,β-unsaturated/α-hetero) is 1. The number of aromatic nitrogens is 1. The Balaban J connectivity index is 1.52. The van der Waals surface area contributed by atoms with Crippen molar-refractivity contribution in [3.05, 3.63) is 36.0 Å². The lowest BCUT2D eigenvalue weighted by Crippen LogP contribution is -2.33. The van der Waals surface area contributed by atoms with Crippen LogP contribution in [0.2, 0.25) is 0 Å². The van der Waals surface area contributed by atoms with Crippen LogP contribution in [0.3, 0.4) is 0 Å². The van der Waals surface area contributed by atoms with Gasteiger partial charge < -0.3 is 19.8 Å². The van der Waals surface area contributed by atoms with Crippen molar-refractivity contribution in [1.82, 2.24) is 10.3 Å². The van der Waals surface area contributed by atoms with Crippen LogP contribution in [0.25, 0.3) is 10.9 Å². The molecule has 1 fully saturated rings. The Morgan fingerprint density at radius 2 is 2.29 bits per heavy atom. The lowest BCUT2D eigenvalue weighted by atomic mass is 10.1. The molecular weight excluding hydrogens is 268 g/mol. The van der Waals surface area contributed by atoms with E-state index in [1.807, 2.05) is 44.3 Å². The van der Waals surface area contributed by atoms with Crippen molar-refractivity contribution in [3.8, 4) is 0 Å². The van der Waals surface area contributed by atoms with E-state index >= 15 is 0 Å². The number of nitrogens with one attached hydrogen (secondary N) is 2. The van der Waals surface area contributed by atoms with E-state index in [2.05, 4.69) is 10.3 Å². The average molecular weight is 288 g/mol. The lowest BCUT2D eigenvalue weighted by molar-refractivity contribution is -0.137. The van der Waals surface area contributed by atoms with E-state index in [0.29, 0.717) is 25.3 Å². The van der Waals surface area contributed by atoms with E-state index in [0.717, 1.165) is 10.9 Å². The van der Waals surface area contributed by atoms with Crippen LogP contribution in [-0.2, 0) is 9.47 Å². The second-order valence-electron chi connectivity index (χ2n) is 5.78. The quantitative estimate of drug-likeness (QED) is 0.827. The maximum Gasteiger partial charge on any atom is 0.176 e. The Hall–Kier alpha value is -1.69. The average Bonchev–Trinajstić information content (AvgIpc) is 3.04. The van der Waals surface area contributed by atoms with Crippen LogP contribution >= 0.6 is 0 Å². The normalized spacial score (nSPS) is 21.0. The molecule has 1 aliphatic rings. The van der Waals surface area contributed by atoms with E-state index in [1.54, 1.807) is 0 Å². The van der Waals surface area contributed by atoms with Crippen LogP contribution in [0.15, 0.2) is 30.5 Å². The van der Waals surface area contributed by atoms with Crippen molar-refractivity contribution in [2.75, 3.05) is 19.7 Å². The molecule has 2 heterocycles. The molecule has 1 aliphatic heterocycles. The number of rotatable bonds is 5. The van der Waals surface area contributed by atoms with E-state index in [9.17, 15) is 4.79 Å². The molecule has 112 valence electrons. The van der Waals surface area contributed by atoms with Crippen molar-refractivity contribution >= 4 is 16.7 Å². The van der Waals surface area contributed by atoms with Gasteiger partial charge in [-0.2, -0.15) is 0 Å². The second kappa shape index (κ2) is 5.60. The summed E-state index contributed by atoms with van der Waals surface area (Å²) in [7, 11) is 0. The molecule has 0 spiro atoms. The summed E-state index contributed by atoms with van der Waals surface area (Å²) in [5, 5.41) is 4.25. The zero-order valence-corrected chi connectivity index (χ0v) is 12.3. The van der Waals surface area contributed by atoms with Crippen molar-refractivity contribution in [2.45, 2.75) is 25.7 Å². The molecule has 3 rings (SSSR count). The van der Waals surface area contributed by atoms with Crippen molar-refractivity contribution in [3.63, 3.8) is 0 Å². The molecule has 0 amide bonds. The molecule has 0 radical (unpaired) electrons. The van der Waals surface area contributed by atoms with Gasteiger partial charge in [-0.1, -0.05) is 12.1 Å². The number of carbonyl (C=O) groups excluding carboxylic acids is 1. The van der Waals surface area contributed by atoms with Gasteiger partial charge in [0.05, 0.1) is 19.3 Å². The Morgan fingerprint density at radius 3 is 3.05 bits per heavy atom. The standard InChI is InChI=1S/C16H20N2O3/c1-16(2)20-10-13(21-16)8-17-9-15(19)12-4-3-11-5-6-18-14(11)7-12/h3-7,13,17-18H,8-10H2,1-2H3. The molecule has 1 aromatic carbocycles. The molecule has 1 saturated heterocycles. The van der Waals surface area contributed by atoms with E-state index in [4.69, 9.17) is 9.47 Å². The lowest BCUT2D eigenvalue weighted by Gasteiger charge is -2.17. The summed E-state index contributed by atoms with van der Waals surface area (Å²) >= 11 is 0. The molecule has 2 N–H and O–H groups in total. The summed E-state index contributed by atoms with van der Waals surface area (Å²) in [6, 6.07) is 7.69. The number of hydrogen-bond acceptors (Lipinski definition) is 4. The van der Waals surface area contributed by atoms with Gasteiger partial charge in [0.15, 0.2) is 11.6 Å². The largest absolute Gasteiger partial charge is 0.361 e. The van der Waals surface area contributed by atoms with Gasteiger partial charge in [-0.05, 0) is 31.4 Å². The fourth-order valence-electron chi connectivity index (χ4n) is 2.53. The smallest absolute Gasteiger partial charge is 0.176 e. The number of fused-ring (bicyclic) bond motifs is 1. The van der Waals surface area contributed by atoms with Crippen LogP contribution in [0, 0.1) is 0 Å². The number of ether oxygens (including phenoxy) is 2. The van der Waals surface area contributed by atoms with Crippen molar-refractivity contribution in [1.29, 1.82) is 0 Å². The molecule has 5 heteroatoms. The van der Waals surface area contributed by atoms with Gasteiger partial charge in [-0.3, -0.25) is 4.79 Å². The summed E-state index contributed by atoms with van der Waals surface area (Å²) in [6.45, 7) is 5.25. The van der Waals surface area contributed by atoms with Crippen LogP contribution in [0.5, 0.6) is 0 Å². The maximum atomic E-state index is 12.2. The third-order valence-electron chi connectivity index (χ3n) is 3.60. The summed E-state index contributed by atoms with van der Waals surface area (Å²) in [5.74, 6) is -0.445. The highest BCUT2D eigenvalue weighted by molar-refractivity contribution is 6.00. The van der Waals surface area contributed by atoms with Gasteiger partial charge >= 0.3 is 0 Å². The third-order valence-corrected chi connectivity index (χ3v) is 3.60. The molecule has 2 aromatic rings. The van der Waals surface area contributed by atoms with Crippen LogP contribution in [-0.4, -0.2) is 42.4 Å². The third kappa shape index (κ3) is 3.32. The number of benzene rings is 1. The monoisotopic (exact) mass is 288 g/mol. The van der Waals surface area contributed by atoms with E-state index in [-0.39, 0.29) is 11.9 Å². The van der Waals surface area contributed by atoms with Crippen LogP contribution < -0.4 is 5.32 Å². The predicted molar refractivity (Wildman–Crippen MR) is 80.4 cm³/mol. The Labute approximate surface area is 123 Å². The molecule has 1 aromatic heterocycles. The SMILES string of the molecule is CC1(C)OCC(CNCC(=O)c2ccc3cc[nH]c3c2)O1. The Bertz CT molecular complexity index is 648. The minimum atomic E-state index is -0.519. The van der Waals surface area contributed by atoms with Gasteiger partial charge in [0.25, 0.3) is 0 Å². The zero-order valence-electron chi connectivity index (χ0n) is 12.3. The number of H-pyrrole nitrogens is 1. The highest BCUT2D eigenvalue weighted by atomic mass is 16.7. The minimum absolute atomic E-state index is 0.00122. The molecule has 0 saturated carbocycles. The topological polar surface area (TPSA) is 63.3 Å². The fourth-order valence-corrected chi connectivity index (χ4v) is 2.53. The molecule has 0 aliphatic carbocycles. The van der Waals surface area contributed by atoms with E-state index < -0.39 is 5.79 Å². The number of aromatic amines is 1. The summed E-state index contributed by atoms with van der Waals surface area (Å²) in [6.07, 6.45) is 1.87. The first-order chi connectivity index (χ1) is 10.0. The van der Waals surface area contributed by atoms with E-state index in [1.165, 1.54) is 0 Å². The Kier molecular flexibility index (Phi) is 3.80. The van der Waals surface area contributed by atoms with Gasteiger partial charge in [-0.25, -0.2) is 0 Å². The Morgan fingerprint density at radius 1 is 1.43 bits per heavy atom. The minimum Gasteiger partial charge on any atom is -0.361 e. The van der Waals surface area contributed by atoms with Gasteiger partial charge in [0, 0.05) is 23.8 Å². The van der Waals surface area contributed by atoms with Crippen molar-refractivity contribution < 1.29 is 14.3 Å². The first kappa shape index (κ1) is 14.3. The molecule has 5 nitrogen and oxygen atoms in total. The summed E-state index contributed by atoms with van der Waals surface area (Å²) < 4.78 is 11.2. The highest BCUT2D eigenvalue weighted by Crippen LogP contribution is 2.21. The molecular formula is C16H20N2O3. The number of ketones is 1. The predicted octanol–water partition coefficient (Wildman–Crippen LogP) is 2.09. The van der Waals surface area contributed by atoms with Crippen LogP contribution in [0.1, 0.15) is 24.2 Å². The molecule has 1 atom stereocenters. The van der Waals surface area contributed by atoms with Gasteiger partial charge in [-0.15, -0.1) is 0 Å². The second-order valence-corrected chi connectivity index (χ2v) is 5.78. The molecule has 21 heavy (non-hydrogen) atoms.